The molecule has 0 aromatic rings. The van der Waals surface area contributed by atoms with Gasteiger partial charge in [0.15, 0.2) is 26.4 Å². The second-order valence-electron chi connectivity index (χ2n) is 11.7. The van der Waals surface area contributed by atoms with Gasteiger partial charge >= 0.3 is 11.9 Å². The second kappa shape index (κ2) is 11.4. The monoisotopic (exact) mass is 534 g/mol. The molecule has 7 nitrogen and oxygen atoms in total. The first kappa shape index (κ1) is 30.5. The van der Waals surface area contributed by atoms with E-state index >= 15 is 0 Å². The third-order valence-corrected chi connectivity index (χ3v) is 11.4. The van der Waals surface area contributed by atoms with Crippen LogP contribution in [0, 0.1) is 11.8 Å². The van der Waals surface area contributed by atoms with Crippen molar-refractivity contribution in [2.45, 2.75) is 103 Å². The van der Waals surface area contributed by atoms with Crippen LogP contribution in [0.5, 0.6) is 0 Å². The largest absolute Gasteiger partial charge is 0.478 e. The standard InChI is InChI=1S/C22H46O7Si4/c1-15(2)21(3,27-32(4,5)6)22(31-29-30,28-33(7,8)9)18(20(25)26)17(19(23)24)16-13-11-10-12-14-16/h15-16H,10-14,31H2,1-9,30H3,(H,23,24)(H,25,26). The molecule has 0 heterocycles. The lowest BCUT2D eigenvalue weighted by molar-refractivity contribution is -0.142. The van der Waals surface area contributed by atoms with Gasteiger partial charge in [-0.15, -0.1) is 0 Å². The summed E-state index contributed by atoms with van der Waals surface area (Å²) in [5.41, 5.74) is -1.17. The van der Waals surface area contributed by atoms with Crippen LogP contribution in [0.25, 0.3) is 0 Å². The van der Waals surface area contributed by atoms with Crippen LogP contribution in [-0.2, 0) is 22.6 Å². The van der Waals surface area contributed by atoms with Gasteiger partial charge < -0.3 is 23.2 Å². The number of rotatable bonds is 12. The quantitative estimate of drug-likeness (QED) is 0.293. The van der Waals surface area contributed by atoms with Gasteiger partial charge in [0.1, 0.15) is 15.7 Å². The van der Waals surface area contributed by atoms with E-state index in [0.29, 0.717) is 23.3 Å². The Morgan fingerprint density at radius 1 is 0.939 bits per heavy atom. The van der Waals surface area contributed by atoms with Crippen molar-refractivity contribution >= 4 is 48.8 Å². The lowest BCUT2D eigenvalue weighted by Crippen LogP contribution is -2.69. The Labute approximate surface area is 207 Å². The highest BCUT2D eigenvalue weighted by Gasteiger charge is 2.61. The number of carboxylic acid groups (broad SMARTS) is 2. The summed E-state index contributed by atoms with van der Waals surface area (Å²) in [6.45, 7) is 18.2. The fourth-order valence-electron chi connectivity index (χ4n) is 5.06. The van der Waals surface area contributed by atoms with Gasteiger partial charge in [-0.3, -0.25) is 0 Å². The Hall–Kier alpha value is -0.572. The molecule has 0 saturated heterocycles. The molecule has 1 rings (SSSR count). The third-order valence-electron chi connectivity index (χ3n) is 6.38. The van der Waals surface area contributed by atoms with E-state index in [1.165, 1.54) is 0 Å². The van der Waals surface area contributed by atoms with E-state index in [0.717, 1.165) is 19.3 Å². The third kappa shape index (κ3) is 7.45. The van der Waals surface area contributed by atoms with Gasteiger partial charge in [-0.25, -0.2) is 9.59 Å². The molecule has 2 unspecified atom stereocenters. The molecule has 2 N–H and O–H groups in total. The molecule has 0 radical (unpaired) electrons. The van der Waals surface area contributed by atoms with Crippen molar-refractivity contribution in [1.82, 2.24) is 0 Å². The van der Waals surface area contributed by atoms with E-state index in [2.05, 4.69) is 19.6 Å². The minimum atomic E-state index is -2.38. The predicted molar refractivity (Wildman–Crippen MR) is 143 cm³/mol. The summed E-state index contributed by atoms with van der Waals surface area (Å²) in [6, 6.07) is 0. The molecule has 11 heteroatoms. The Kier molecular flexibility index (Phi) is 10.6. The summed E-state index contributed by atoms with van der Waals surface area (Å²) >= 11 is 0. The van der Waals surface area contributed by atoms with E-state index in [1.54, 1.807) is 0 Å². The molecule has 2 atom stereocenters. The molecule has 0 amide bonds. The minimum absolute atomic E-state index is 0.00211. The van der Waals surface area contributed by atoms with Crippen molar-refractivity contribution < 1.29 is 32.8 Å². The molecule has 0 aromatic heterocycles. The lowest BCUT2D eigenvalue weighted by Gasteiger charge is -2.55. The fourth-order valence-corrected chi connectivity index (χ4v) is 12.6. The van der Waals surface area contributed by atoms with Gasteiger partial charge in [0.2, 0.25) is 0 Å². The average molecular weight is 535 g/mol. The van der Waals surface area contributed by atoms with Crippen molar-refractivity contribution in [2.24, 2.45) is 11.8 Å². The Morgan fingerprint density at radius 2 is 1.42 bits per heavy atom. The summed E-state index contributed by atoms with van der Waals surface area (Å²) < 4.78 is 19.6. The van der Waals surface area contributed by atoms with Crippen molar-refractivity contribution in [2.75, 3.05) is 0 Å². The molecule has 192 valence electrons. The van der Waals surface area contributed by atoms with Gasteiger partial charge in [0, 0.05) is 0 Å². The maximum Gasteiger partial charge on any atom is 0.334 e. The molecule has 0 aliphatic heterocycles. The smallest absolute Gasteiger partial charge is 0.334 e. The Bertz CT molecular complexity index is 736. The zero-order valence-corrected chi connectivity index (χ0v) is 27.7. The highest BCUT2D eigenvalue weighted by molar-refractivity contribution is 6.71. The van der Waals surface area contributed by atoms with Crippen LogP contribution < -0.4 is 0 Å². The van der Waals surface area contributed by atoms with Gasteiger partial charge in [-0.1, -0.05) is 33.1 Å². The summed E-state index contributed by atoms with van der Waals surface area (Å²) in [5, 5.41) is 19.7. The summed E-state index contributed by atoms with van der Waals surface area (Å²) in [5.74, 6) is -2.82. The van der Waals surface area contributed by atoms with Gasteiger partial charge in [0.25, 0.3) is 0 Å². The van der Waals surface area contributed by atoms with Crippen LogP contribution in [-0.4, -0.2) is 69.9 Å². The molecule has 0 spiro atoms. The first-order valence-corrected chi connectivity index (χ1v) is 20.9. The lowest BCUT2D eigenvalue weighted by atomic mass is 9.76. The summed E-state index contributed by atoms with van der Waals surface area (Å²) in [7, 11) is -5.87. The maximum atomic E-state index is 13.1. The van der Waals surface area contributed by atoms with Crippen LogP contribution in [0.3, 0.4) is 0 Å². The zero-order valence-electron chi connectivity index (χ0n) is 22.3. The van der Waals surface area contributed by atoms with E-state index in [9.17, 15) is 19.8 Å². The molecular formula is C22H46O7Si4. The maximum absolute atomic E-state index is 13.1. The van der Waals surface area contributed by atoms with Crippen LogP contribution >= 0.6 is 0 Å². The van der Waals surface area contributed by atoms with E-state index < -0.39 is 49.2 Å². The van der Waals surface area contributed by atoms with Crippen LogP contribution in [0.4, 0.5) is 0 Å². The van der Waals surface area contributed by atoms with Crippen molar-refractivity contribution in [1.29, 1.82) is 0 Å². The number of carboxylic acids is 2. The van der Waals surface area contributed by atoms with Gasteiger partial charge in [-0.2, -0.15) is 0 Å². The zero-order chi connectivity index (χ0) is 25.8. The number of hydrogen-bond donors (Lipinski definition) is 2. The fraction of sp³-hybridized carbons (Fsp3) is 0.818. The number of carbonyl (C=O) groups is 2. The Balaban J connectivity index is 4.19. The first-order valence-electron chi connectivity index (χ1n) is 12.0. The molecular weight excluding hydrogens is 489 g/mol. The van der Waals surface area contributed by atoms with Crippen molar-refractivity contribution in [3.05, 3.63) is 11.1 Å². The topological polar surface area (TPSA) is 102 Å². The van der Waals surface area contributed by atoms with Crippen LogP contribution in [0.2, 0.25) is 39.3 Å². The van der Waals surface area contributed by atoms with Gasteiger partial charge in [0.05, 0.1) is 16.7 Å². The van der Waals surface area contributed by atoms with E-state index in [-0.39, 0.29) is 23.0 Å². The second-order valence-corrected chi connectivity index (χ2v) is 24.1. The normalized spacial score (nSPS) is 21.2. The highest BCUT2D eigenvalue weighted by Crippen LogP contribution is 2.47. The summed E-state index contributed by atoms with van der Waals surface area (Å²) in [6.07, 6.45) is 4.20. The first-order chi connectivity index (χ1) is 14.9. The van der Waals surface area contributed by atoms with Crippen molar-refractivity contribution in [3.63, 3.8) is 0 Å². The molecule has 1 aliphatic rings. The van der Waals surface area contributed by atoms with Crippen molar-refractivity contribution in [3.8, 4) is 0 Å². The van der Waals surface area contributed by atoms with Crippen LogP contribution in [0.15, 0.2) is 11.1 Å². The molecule has 0 bridgehead atoms. The van der Waals surface area contributed by atoms with E-state index in [4.69, 9.17) is 13.0 Å². The van der Waals surface area contributed by atoms with Gasteiger partial charge in [-0.05, 0) is 70.9 Å². The molecule has 1 aliphatic carbocycles. The molecule has 1 fully saturated rings. The minimum Gasteiger partial charge on any atom is -0.478 e. The molecule has 0 aromatic carbocycles. The summed E-state index contributed by atoms with van der Waals surface area (Å²) in [4.78, 5) is 25.8. The predicted octanol–water partition coefficient (Wildman–Crippen LogP) is 3.23. The van der Waals surface area contributed by atoms with Crippen LogP contribution in [0.1, 0.15) is 52.9 Å². The van der Waals surface area contributed by atoms with E-state index in [1.807, 2.05) is 40.4 Å². The Morgan fingerprint density at radius 3 is 1.76 bits per heavy atom. The molecule has 1 saturated carbocycles. The number of aliphatic carboxylic acids is 2. The highest BCUT2D eigenvalue weighted by atomic mass is 28.4. The number of hydrogen-bond acceptors (Lipinski definition) is 5. The average Bonchev–Trinajstić information content (AvgIpc) is 2.62. The SMILES string of the molecule is CC(C)C(C)(O[Si](C)(C)C)C(O[Si](C)(C)C)([SiH2]O[SiH3])C(C(=O)O)=C(C(=O)O)C1CCCCC1. The molecule has 33 heavy (non-hydrogen) atoms.